The summed E-state index contributed by atoms with van der Waals surface area (Å²) in [5, 5.41) is 32.5. The molecule has 5 unspecified atom stereocenters. The Hall–Kier alpha value is -1.38. The molecular weight excluding hydrogens is 412 g/mol. The number of hydrogen-bond donors (Lipinski definition) is 3. The molecule has 0 spiro atoms. The molecule has 32 heavy (non-hydrogen) atoms. The predicted molar refractivity (Wildman–Crippen MR) is 114 cm³/mol. The smallest absolute Gasteiger partial charge is 0.193 e. The Bertz CT molecular complexity index is 895. The molecule has 3 saturated carbocycles. The predicted octanol–water partition coefficient (Wildman–Crippen LogP) is 1.69. The van der Waals surface area contributed by atoms with Crippen LogP contribution < -0.4 is 0 Å². The number of allylic oxidation sites excluding steroid dienone is 3. The normalized spacial score (nSPS) is 51.5. The minimum absolute atomic E-state index is 0.0296. The Balaban J connectivity index is 1.58. The van der Waals surface area contributed by atoms with Crippen LogP contribution in [-0.4, -0.2) is 63.7 Å². The Morgan fingerprint density at radius 1 is 1.25 bits per heavy atom. The Labute approximate surface area is 188 Å². The van der Waals surface area contributed by atoms with E-state index in [9.17, 15) is 24.9 Å². The second-order valence-electron chi connectivity index (χ2n) is 10.9. The molecular formula is C25H34O7. The number of ether oxygens (including phenoxy) is 2. The van der Waals surface area contributed by atoms with Gasteiger partial charge in [-0.05, 0) is 55.2 Å². The Kier molecular flexibility index (Phi) is 5.12. The zero-order valence-electron chi connectivity index (χ0n) is 19.0. The standard InChI is InChI=1S/C25H34O7/c1-4-5-21-31-20-10-15-14-9-17(28)16-8-13(27)6-7-23(16,2)22(14)18(29)11-24(15,3)25(20,32-21)19(30)12-26/h6-8,14-15,17-18,20-22,26,28-29H,4-5,9-12H2,1-3H3/t14?,15?,17-,18-,20?,21?,22?,23-,24-,25+/m0/s1. The molecule has 0 amide bonds. The summed E-state index contributed by atoms with van der Waals surface area (Å²) in [6.07, 6.45) is 5.21. The highest BCUT2D eigenvalue weighted by Crippen LogP contribution is 2.69. The van der Waals surface area contributed by atoms with Crippen LogP contribution in [-0.2, 0) is 19.1 Å². The summed E-state index contributed by atoms with van der Waals surface area (Å²) >= 11 is 0. The van der Waals surface area contributed by atoms with Crippen molar-refractivity contribution in [1.29, 1.82) is 0 Å². The second kappa shape index (κ2) is 7.31. The molecule has 1 saturated heterocycles. The summed E-state index contributed by atoms with van der Waals surface area (Å²) in [7, 11) is 0. The lowest BCUT2D eigenvalue weighted by atomic mass is 9.45. The third kappa shape index (κ3) is 2.66. The van der Waals surface area contributed by atoms with Crippen LogP contribution in [0.15, 0.2) is 23.8 Å². The number of ketones is 2. The van der Waals surface area contributed by atoms with Crippen LogP contribution in [0, 0.1) is 28.6 Å². The highest BCUT2D eigenvalue weighted by molar-refractivity contribution is 6.01. The lowest BCUT2D eigenvalue weighted by Crippen LogP contribution is -2.64. The third-order valence-electron chi connectivity index (χ3n) is 9.39. The first-order chi connectivity index (χ1) is 15.1. The van der Waals surface area contributed by atoms with E-state index in [1.165, 1.54) is 12.2 Å². The average Bonchev–Trinajstić information content (AvgIpc) is 3.21. The molecule has 0 bridgehead atoms. The zero-order chi connectivity index (χ0) is 23.1. The lowest BCUT2D eigenvalue weighted by Gasteiger charge is -2.60. The van der Waals surface area contributed by atoms with E-state index < -0.39 is 47.6 Å². The lowest BCUT2D eigenvalue weighted by molar-refractivity contribution is -0.203. The van der Waals surface area contributed by atoms with Gasteiger partial charge in [-0.25, -0.2) is 0 Å². The van der Waals surface area contributed by atoms with E-state index >= 15 is 0 Å². The van der Waals surface area contributed by atoms with Gasteiger partial charge >= 0.3 is 0 Å². The number of carbonyl (C=O) groups is 2. The van der Waals surface area contributed by atoms with Crippen molar-refractivity contribution in [3.63, 3.8) is 0 Å². The van der Waals surface area contributed by atoms with Crippen molar-refractivity contribution >= 4 is 11.6 Å². The quantitative estimate of drug-likeness (QED) is 0.602. The number of aliphatic hydroxyl groups is 3. The number of rotatable bonds is 4. The van der Waals surface area contributed by atoms with Crippen molar-refractivity contribution in [1.82, 2.24) is 0 Å². The van der Waals surface area contributed by atoms with Gasteiger partial charge < -0.3 is 24.8 Å². The van der Waals surface area contributed by atoms with Crippen molar-refractivity contribution in [3.8, 4) is 0 Å². The molecule has 176 valence electrons. The topological polar surface area (TPSA) is 113 Å². The fraction of sp³-hybridized carbons (Fsp3) is 0.760. The van der Waals surface area contributed by atoms with Crippen molar-refractivity contribution in [2.75, 3.05) is 6.61 Å². The first-order valence-electron chi connectivity index (χ1n) is 11.9. The number of carbonyl (C=O) groups excluding carboxylic acids is 2. The van der Waals surface area contributed by atoms with E-state index in [1.54, 1.807) is 0 Å². The van der Waals surface area contributed by atoms with Gasteiger partial charge in [-0.15, -0.1) is 0 Å². The van der Waals surface area contributed by atoms with Gasteiger partial charge in [0, 0.05) is 16.7 Å². The van der Waals surface area contributed by atoms with Gasteiger partial charge in [-0.3, -0.25) is 9.59 Å². The molecule has 0 aromatic rings. The largest absolute Gasteiger partial charge is 0.393 e. The highest BCUT2D eigenvalue weighted by atomic mass is 16.7. The van der Waals surface area contributed by atoms with Gasteiger partial charge in [0.25, 0.3) is 0 Å². The minimum Gasteiger partial charge on any atom is -0.393 e. The van der Waals surface area contributed by atoms with E-state index in [4.69, 9.17) is 9.47 Å². The molecule has 5 rings (SSSR count). The fourth-order valence-electron chi connectivity index (χ4n) is 8.18. The molecule has 0 radical (unpaired) electrons. The van der Waals surface area contributed by atoms with E-state index in [1.807, 2.05) is 26.8 Å². The third-order valence-corrected chi connectivity index (χ3v) is 9.39. The van der Waals surface area contributed by atoms with Gasteiger partial charge in [-0.2, -0.15) is 0 Å². The number of hydrogen-bond acceptors (Lipinski definition) is 7. The van der Waals surface area contributed by atoms with Crippen molar-refractivity contribution in [2.24, 2.45) is 28.6 Å². The molecule has 4 aliphatic carbocycles. The van der Waals surface area contributed by atoms with Gasteiger partial charge in [-0.1, -0.05) is 33.3 Å². The maximum atomic E-state index is 13.2. The van der Waals surface area contributed by atoms with Gasteiger partial charge in [0.2, 0.25) is 0 Å². The molecule has 0 aromatic carbocycles. The van der Waals surface area contributed by atoms with Gasteiger partial charge in [0.15, 0.2) is 23.5 Å². The van der Waals surface area contributed by atoms with Gasteiger partial charge in [0.05, 0.1) is 18.3 Å². The van der Waals surface area contributed by atoms with E-state index in [2.05, 4.69) is 0 Å². The minimum atomic E-state index is -1.29. The summed E-state index contributed by atoms with van der Waals surface area (Å²) < 4.78 is 12.6. The van der Waals surface area contributed by atoms with Crippen LogP contribution in [0.2, 0.25) is 0 Å². The summed E-state index contributed by atoms with van der Waals surface area (Å²) in [5.41, 5.74) is -1.98. The van der Waals surface area contributed by atoms with Crippen LogP contribution in [0.5, 0.6) is 0 Å². The maximum absolute atomic E-state index is 13.2. The first-order valence-corrected chi connectivity index (χ1v) is 11.9. The van der Waals surface area contributed by atoms with Crippen LogP contribution >= 0.6 is 0 Å². The van der Waals surface area contributed by atoms with Crippen LogP contribution in [0.3, 0.4) is 0 Å². The summed E-state index contributed by atoms with van der Waals surface area (Å²) in [4.78, 5) is 25.3. The molecule has 1 aliphatic heterocycles. The van der Waals surface area contributed by atoms with E-state index in [0.29, 0.717) is 31.3 Å². The molecule has 7 nitrogen and oxygen atoms in total. The molecule has 0 aromatic heterocycles. The zero-order valence-corrected chi connectivity index (χ0v) is 19.0. The van der Waals surface area contributed by atoms with Crippen molar-refractivity contribution in [2.45, 2.75) is 83.1 Å². The number of Topliss-reactive ketones (excluding diaryl/α,β-unsaturated/α-hetero) is 1. The monoisotopic (exact) mass is 446 g/mol. The van der Waals surface area contributed by atoms with E-state index in [0.717, 1.165) is 6.42 Å². The van der Waals surface area contributed by atoms with Crippen molar-refractivity contribution < 1.29 is 34.4 Å². The molecule has 5 aliphatic rings. The first kappa shape index (κ1) is 22.4. The average molecular weight is 447 g/mol. The van der Waals surface area contributed by atoms with Crippen LogP contribution in [0.4, 0.5) is 0 Å². The SMILES string of the molecule is CCCC1OC2CC3C4C[C@H](O)C5=CC(=O)C=C[C@]5(C)C4[C@@H](O)C[C@]3(C)[C@]2(C(=O)CO)O1. The molecule has 4 fully saturated rings. The van der Waals surface area contributed by atoms with Crippen LogP contribution in [0.25, 0.3) is 0 Å². The molecule has 1 heterocycles. The summed E-state index contributed by atoms with van der Waals surface area (Å²) in [6, 6.07) is 0. The summed E-state index contributed by atoms with van der Waals surface area (Å²) in [6.45, 7) is 5.37. The summed E-state index contributed by atoms with van der Waals surface area (Å²) in [5.74, 6) is -0.825. The second-order valence-corrected chi connectivity index (χ2v) is 10.9. The number of aliphatic hydroxyl groups excluding tert-OH is 3. The molecule has 3 N–H and O–H groups in total. The number of fused-ring (bicyclic) bond motifs is 7. The van der Waals surface area contributed by atoms with E-state index in [-0.39, 0.29) is 29.3 Å². The Morgan fingerprint density at radius 2 is 2.00 bits per heavy atom. The maximum Gasteiger partial charge on any atom is 0.193 e. The van der Waals surface area contributed by atoms with Crippen molar-refractivity contribution in [3.05, 3.63) is 23.8 Å². The highest BCUT2D eigenvalue weighted by Gasteiger charge is 2.76. The molecule has 7 heteroatoms. The fourth-order valence-corrected chi connectivity index (χ4v) is 8.18. The Morgan fingerprint density at radius 3 is 2.69 bits per heavy atom. The van der Waals surface area contributed by atoms with Crippen LogP contribution in [0.1, 0.15) is 52.9 Å². The molecule has 10 atom stereocenters. The van der Waals surface area contributed by atoms with Gasteiger partial charge in [0.1, 0.15) is 6.61 Å².